The van der Waals surface area contributed by atoms with E-state index in [1.54, 1.807) is 11.7 Å². The van der Waals surface area contributed by atoms with Gasteiger partial charge in [0.2, 0.25) is 11.8 Å². The quantitative estimate of drug-likeness (QED) is 0.621. The van der Waals surface area contributed by atoms with Crippen LogP contribution >= 0.6 is 11.8 Å². The first-order valence-corrected chi connectivity index (χ1v) is 9.48. The molecule has 0 saturated carbocycles. The summed E-state index contributed by atoms with van der Waals surface area (Å²) < 4.78 is 1.57. The van der Waals surface area contributed by atoms with E-state index in [9.17, 15) is 9.59 Å². The van der Waals surface area contributed by atoms with Crippen molar-refractivity contribution in [2.45, 2.75) is 24.0 Å². The number of nitrogens with one attached hydrogen (secondary N) is 2. The van der Waals surface area contributed by atoms with E-state index in [-0.39, 0.29) is 17.1 Å². The summed E-state index contributed by atoms with van der Waals surface area (Å²) in [7, 11) is 1.76. The molecule has 0 aliphatic carbocycles. The van der Waals surface area contributed by atoms with Crippen LogP contribution in [0.4, 0.5) is 11.4 Å². The molecule has 0 aliphatic heterocycles. The second kappa shape index (κ2) is 8.66. The molecule has 3 aromatic rings. The van der Waals surface area contributed by atoms with Crippen molar-refractivity contribution in [3.63, 3.8) is 0 Å². The maximum Gasteiger partial charge on any atom is 0.237 e. The van der Waals surface area contributed by atoms with E-state index in [0.29, 0.717) is 11.5 Å². The van der Waals surface area contributed by atoms with Crippen molar-refractivity contribution in [1.29, 1.82) is 0 Å². The number of hydrogen-bond acceptors (Lipinski definition) is 6. The maximum absolute atomic E-state index is 12.6. The number of anilines is 2. The molecule has 2 aromatic carbocycles. The molecular weight excluding hydrogens is 376 g/mol. The molecule has 0 radical (unpaired) electrons. The number of thioether (sulfide) groups is 1. The Hall–Kier alpha value is -3.20. The number of aromatic nitrogens is 4. The summed E-state index contributed by atoms with van der Waals surface area (Å²) in [5.74, 6) is 0.398. The standard InChI is InChI=1S/C19H20N6O2S/c1-12(28-17-9-7-15(8-10-17)20-13(2)26)19(27)21-16-6-4-5-14(11-16)18-22-23-24-25(18)3/h4-12H,1-3H3,(H,20,26)(H,21,27). The van der Waals surface area contributed by atoms with E-state index < -0.39 is 0 Å². The van der Waals surface area contributed by atoms with Crippen molar-refractivity contribution in [2.75, 3.05) is 10.6 Å². The summed E-state index contributed by atoms with van der Waals surface area (Å²) in [6, 6.07) is 14.8. The van der Waals surface area contributed by atoms with Gasteiger partial charge in [0.1, 0.15) is 0 Å². The summed E-state index contributed by atoms with van der Waals surface area (Å²) in [5.41, 5.74) is 2.22. The molecule has 2 amide bonds. The van der Waals surface area contributed by atoms with Crippen LogP contribution in [0.15, 0.2) is 53.4 Å². The monoisotopic (exact) mass is 396 g/mol. The van der Waals surface area contributed by atoms with Gasteiger partial charge in [-0.1, -0.05) is 12.1 Å². The van der Waals surface area contributed by atoms with E-state index in [1.165, 1.54) is 18.7 Å². The van der Waals surface area contributed by atoms with Crippen LogP contribution in [-0.4, -0.2) is 37.3 Å². The highest BCUT2D eigenvalue weighted by Gasteiger charge is 2.15. The number of tetrazole rings is 1. The van der Waals surface area contributed by atoms with Crippen LogP contribution in [0.3, 0.4) is 0 Å². The maximum atomic E-state index is 12.6. The Morgan fingerprint density at radius 1 is 1.07 bits per heavy atom. The second-order valence-corrected chi connectivity index (χ2v) is 7.58. The minimum atomic E-state index is -0.299. The first-order chi connectivity index (χ1) is 13.4. The van der Waals surface area contributed by atoms with Crippen molar-refractivity contribution in [1.82, 2.24) is 20.2 Å². The lowest BCUT2D eigenvalue weighted by Crippen LogP contribution is -2.22. The Morgan fingerprint density at radius 2 is 1.82 bits per heavy atom. The number of nitrogens with zero attached hydrogens (tertiary/aromatic N) is 4. The minimum Gasteiger partial charge on any atom is -0.326 e. The number of carbonyl (C=O) groups excluding carboxylic acids is 2. The predicted octanol–water partition coefficient (Wildman–Crippen LogP) is 2.95. The number of carbonyl (C=O) groups is 2. The van der Waals surface area contributed by atoms with Gasteiger partial charge >= 0.3 is 0 Å². The SMILES string of the molecule is CC(=O)Nc1ccc(SC(C)C(=O)Nc2cccc(-c3nnnn3C)c2)cc1. The Labute approximate surface area is 166 Å². The van der Waals surface area contributed by atoms with Crippen molar-refractivity contribution < 1.29 is 9.59 Å². The normalized spacial score (nSPS) is 11.7. The fraction of sp³-hybridized carbons (Fsp3) is 0.211. The molecule has 8 nitrogen and oxygen atoms in total. The molecule has 0 bridgehead atoms. The van der Waals surface area contributed by atoms with Crippen molar-refractivity contribution in [3.8, 4) is 11.4 Å². The van der Waals surface area contributed by atoms with Crippen molar-refractivity contribution >= 4 is 35.0 Å². The molecule has 9 heteroatoms. The average Bonchev–Trinajstić information content (AvgIpc) is 3.09. The third-order valence-electron chi connectivity index (χ3n) is 3.87. The van der Waals surface area contributed by atoms with Gasteiger partial charge in [-0.2, -0.15) is 0 Å². The fourth-order valence-electron chi connectivity index (χ4n) is 2.53. The molecule has 144 valence electrons. The Balaban J connectivity index is 1.63. The fourth-order valence-corrected chi connectivity index (χ4v) is 3.40. The molecule has 28 heavy (non-hydrogen) atoms. The third-order valence-corrected chi connectivity index (χ3v) is 4.98. The smallest absolute Gasteiger partial charge is 0.237 e. The van der Waals surface area contributed by atoms with Gasteiger partial charge in [-0.25, -0.2) is 4.68 Å². The number of aryl methyl sites for hydroxylation is 1. The zero-order chi connectivity index (χ0) is 20.1. The molecular formula is C19H20N6O2S. The van der Waals surface area contributed by atoms with E-state index in [2.05, 4.69) is 26.2 Å². The molecule has 2 N–H and O–H groups in total. The molecule has 1 unspecified atom stereocenters. The van der Waals surface area contributed by atoms with E-state index in [1.807, 2.05) is 55.5 Å². The van der Waals surface area contributed by atoms with Crippen LogP contribution in [0.1, 0.15) is 13.8 Å². The van der Waals surface area contributed by atoms with Crippen LogP contribution in [0.5, 0.6) is 0 Å². The van der Waals surface area contributed by atoms with Gasteiger partial charge in [-0.3, -0.25) is 9.59 Å². The second-order valence-electron chi connectivity index (χ2n) is 6.16. The highest BCUT2D eigenvalue weighted by atomic mass is 32.2. The van der Waals surface area contributed by atoms with Crippen LogP contribution in [-0.2, 0) is 16.6 Å². The minimum absolute atomic E-state index is 0.107. The van der Waals surface area contributed by atoms with E-state index >= 15 is 0 Å². The van der Waals surface area contributed by atoms with Gasteiger partial charge in [0.25, 0.3) is 0 Å². The summed E-state index contributed by atoms with van der Waals surface area (Å²) in [6.45, 7) is 3.31. The van der Waals surface area contributed by atoms with E-state index in [4.69, 9.17) is 0 Å². The first kappa shape index (κ1) is 19.6. The number of amides is 2. The lowest BCUT2D eigenvalue weighted by atomic mass is 10.2. The topological polar surface area (TPSA) is 102 Å². The summed E-state index contributed by atoms with van der Waals surface area (Å²) in [5, 5.41) is 16.8. The molecule has 1 atom stereocenters. The highest BCUT2D eigenvalue weighted by molar-refractivity contribution is 8.00. The summed E-state index contributed by atoms with van der Waals surface area (Å²) in [4.78, 5) is 24.6. The van der Waals surface area contributed by atoms with Gasteiger partial charge in [-0.05, 0) is 53.7 Å². The average molecular weight is 396 g/mol. The van der Waals surface area contributed by atoms with Crippen LogP contribution in [0, 0.1) is 0 Å². The summed E-state index contributed by atoms with van der Waals surface area (Å²) in [6.07, 6.45) is 0. The number of benzene rings is 2. The van der Waals surface area contributed by atoms with Crippen LogP contribution in [0.2, 0.25) is 0 Å². The Kier molecular flexibility index (Phi) is 6.05. The summed E-state index contributed by atoms with van der Waals surface area (Å²) >= 11 is 1.44. The molecule has 1 aromatic heterocycles. The van der Waals surface area contributed by atoms with Crippen LogP contribution in [0.25, 0.3) is 11.4 Å². The highest BCUT2D eigenvalue weighted by Crippen LogP contribution is 2.26. The zero-order valence-corrected chi connectivity index (χ0v) is 16.5. The molecule has 0 saturated heterocycles. The lowest BCUT2D eigenvalue weighted by molar-refractivity contribution is -0.115. The van der Waals surface area contributed by atoms with Gasteiger partial charge in [-0.15, -0.1) is 16.9 Å². The van der Waals surface area contributed by atoms with Gasteiger partial charge in [0.05, 0.1) is 5.25 Å². The molecule has 0 fully saturated rings. The third kappa shape index (κ3) is 4.95. The number of hydrogen-bond donors (Lipinski definition) is 2. The molecule has 0 spiro atoms. The van der Waals surface area contributed by atoms with Gasteiger partial charge < -0.3 is 10.6 Å². The van der Waals surface area contributed by atoms with Crippen LogP contribution < -0.4 is 10.6 Å². The number of rotatable bonds is 6. The van der Waals surface area contributed by atoms with Crippen molar-refractivity contribution in [3.05, 3.63) is 48.5 Å². The Morgan fingerprint density at radius 3 is 2.46 bits per heavy atom. The zero-order valence-electron chi connectivity index (χ0n) is 15.7. The first-order valence-electron chi connectivity index (χ1n) is 8.60. The largest absolute Gasteiger partial charge is 0.326 e. The van der Waals surface area contributed by atoms with Crippen molar-refractivity contribution in [2.24, 2.45) is 7.05 Å². The Bertz CT molecular complexity index is 986. The van der Waals surface area contributed by atoms with Gasteiger partial charge in [0.15, 0.2) is 5.82 Å². The van der Waals surface area contributed by atoms with E-state index in [0.717, 1.165) is 16.1 Å². The lowest BCUT2D eigenvalue weighted by Gasteiger charge is -2.13. The molecule has 3 rings (SSSR count). The van der Waals surface area contributed by atoms with Gasteiger partial charge in [0, 0.05) is 35.8 Å². The molecule has 0 aliphatic rings. The molecule has 1 heterocycles. The predicted molar refractivity (Wildman–Crippen MR) is 109 cm³/mol.